The molecular weight excluding hydrogens is 349 g/mol. The molecule has 0 atom stereocenters. The molecular formula is C17H25Cl2N3O2. The highest BCUT2D eigenvalue weighted by molar-refractivity contribution is 6.35. The van der Waals surface area contributed by atoms with Crippen molar-refractivity contribution in [3.8, 4) is 5.75 Å². The number of piperazine rings is 1. The quantitative estimate of drug-likeness (QED) is 0.797. The normalized spacial score (nSPS) is 16.4. The molecule has 0 spiro atoms. The third-order valence-electron chi connectivity index (χ3n) is 3.84. The zero-order chi connectivity index (χ0) is 17.5. The lowest BCUT2D eigenvalue weighted by Crippen LogP contribution is -2.50. The summed E-state index contributed by atoms with van der Waals surface area (Å²) < 4.78 is 5.72. The van der Waals surface area contributed by atoms with E-state index in [0.717, 1.165) is 32.7 Å². The van der Waals surface area contributed by atoms with E-state index < -0.39 is 0 Å². The van der Waals surface area contributed by atoms with Gasteiger partial charge >= 0.3 is 0 Å². The van der Waals surface area contributed by atoms with Gasteiger partial charge in [0.25, 0.3) is 0 Å². The number of halogens is 2. The molecule has 24 heavy (non-hydrogen) atoms. The fourth-order valence-electron chi connectivity index (χ4n) is 2.62. The lowest BCUT2D eigenvalue weighted by Gasteiger charge is -2.34. The first kappa shape index (κ1) is 19.3. The van der Waals surface area contributed by atoms with Gasteiger partial charge in [-0.1, -0.05) is 23.2 Å². The number of ether oxygens (including phenoxy) is 1. The van der Waals surface area contributed by atoms with E-state index in [1.807, 2.05) is 13.8 Å². The third kappa shape index (κ3) is 6.48. The molecule has 5 nitrogen and oxygen atoms in total. The van der Waals surface area contributed by atoms with Crippen LogP contribution >= 0.6 is 23.2 Å². The molecule has 2 rings (SSSR count). The second-order valence-electron chi connectivity index (χ2n) is 6.26. The maximum absolute atomic E-state index is 11.8. The Kier molecular flexibility index (Phi) is 7.62. The molecule has 1 aromatic rings. The van der Waals surface area contributed by atoms with Crippen molar-refractivity contribution in [1.29, 1.82) is 0 Å². The lowest BCUT2D eigenvalue weighted by atomic mass is 10.3. The molecule has 0 aromatic heterocycles. The van der Waals surface area contributed by atoms with Gasteiger partial charge < -0.3 is 10.1 Å². The minimum atomic E-state index is 0.0964. The second kappa shape index (κ2) is 9.47. The van der Waals surface area contributed by atoms with Crippen molar-refractivity contribution in [3.63, 3.8) is 0 Å². The summed E-state index contributed by atoms with van der Waals surface area (Å²) in [4.78, 5) is 16.3. The molecule has 134 valence electrons. The molecule has 0 unspecified atom stereocenters. The van der Waals surface area contributed by atoms with Crippen LogP contribution in [-0.4, -0.2) is 67.6 Å². The van der Waals surface area contributed by atoms with Gasteiger partial charge in [0.15, 0.2) is 0 Å². The lowest BCUT2D eigenvalue weighted by molar-refractivity contribution is -0.123. The second-order valence-corrected chi connectivity index (χ2v) is 7.11. The van der Waals surface area contributed by atoms with Crippen molar-refractivity contribution in [2.24, 2.45) is 0 Å². The number of benzene rings is 1. The topological polar surface area (TPSA) is 44.8 Å². The number of amides is 1. The van der Waals surface area contributed by atoms with Gasteiger partial charge in [-0.15, -0.1) is 0 Å². The van der Waals surface area contributed by atoms with Crippen LogP contribution in [0.4, 0.5) is 0 Å². The van der Waals surface area contributed by atoms with Crippen molar-refractivity contribution in [2.75, 3.05) is 45.9 Å². The number of hydrogen-bond donors (Lipinski definition) is 1. The molecule has 0 bridgehead atoms. The number of carbonyl (C=O) groups excluding carboxylic acids is 1. The molecule has 1 saturated heterocycles. The Hall–Kier alpha value is -1.01. The van der Waals surface area contributed by atoms with Crippen LogP contribution in [0.1, 0.15) is 13.8 Å². The zero-order valence-corrected chi connectivity index (χ0v) is 15.7. The van der Waals surface area contributed by atoms with Gasteiger partial charge in [0.2, 0.25) is 5.91 Å². The molecule has 0 aliphatic carbocycles. The monoisotopic (exact) mass is 373 g/mol. The third-order valence-corrected chi connectivity index (χ3v) is 4.37. The van der Waals surface area contributed by atoms with E-state index in [0.29, 0.717) is 28.9 Å². The molecule has 1 aliphatic rings. The summed E-state index contributed by atoms with van der Waals surface area (Å²) in [6.07, 6.45) is 0. The van der Waals surface area contributed by atoms with E-state index in [1.165, 1.54) is 0 Å². The van der Waals surface area contributed by atoms with E-state index in [4.69, 9.17) is 27.9 Å². The van der Waals surface area contributed by atoms with Gasteiger partial charge in [0.05, 0.1) is 11.6 Å². The molecule has 1 amide bonds. The van der Waals surface area contributed by atoms with Crippen LogP contribution in [-0.2, 0) is 4.79 Å². The van der Waals surface area contributed by atoms with Crippen molar-refractivity contribution >= 4 is 29.1 Å². The van der Waals surface area contributed by atoms with Crippen molar-refractivity contribution in [3.05, 3.63) is 28.2 Å². The Labute approximate surface area is 153 Å². The Morgan fingerprint density at radius 3 is 2.50 bits per heavy atom. The van der Waals surface area contributed by atoms with Crippen LogP contribution in [0.2, 0.25) is 10.0 Å². The molecule has 7 heteroatoms. The van der Waals surface area contributed by atoms with Crippen LogP contribution in [0.3, 0.4) is 0 Å². The molecule has 1 aromatic carbocycles. The largest absolute Gasteiger partial charge is 0.491 e. The highest BCUT2D eigenvalue weighted by Crippen LogP contribution is 2.27. The molecule has 1 aliphatic heterocycles. The first-order chi connectivity index (χ1) is 11.4. The number of carbonyl (C=O) groups is 1. The van der Waals surface area contributed by atoms with Gasteiger partial charge in [-0.2, -0.15) is 0 Å². The smallest absolute Gasteiger partial charge is 0.234 e. The fourth-order valence-corrected chi connectivity index (χ4v) is 3.08. The average molecular weight is 374 g/mol. The van der Waals surface area contributed by atoms with Crippen molar-refractivity contribution in [2.45, 2.75) is 19.9 Å². The summed E-state index contributed by atoms with van der Waals surface area (Å²) >= 11 is 12.0. The summed E-state index contributed by atoms with van der Waals surface area (Å²) in [5.74, 6) is 0.754. The van der Waals surface area contributed by atoms with Gasteiger partial charge in [0.1, 0.15) is 12.4 Å². The summed E-state index contributed by atoms with van der Waals surface area (Å²) in [5.41, 5.74) is 0. The summed E-state index contributed by atoms with van der Waals surface area (Å²) in [7, 11) is 0. The van der Waals surface area contributed by atoms with Crippen LogP contribution < -0.4 is 10.1 Å². The van der Waals surface area contributed by atoms with E-state index in [-0.39, 0.29) is 11.9 Å². The Balaban J connectivity index is 1.65. The van der Waals surface area contributed by atoms with E-state index in [2.05, 4.69) is 15.1 Å². The fraction of sp³-hybridized carbons (Fsp3) is 0.588. The average Bonchev–Trinajstić information content (AvgIpc) is 2.50. The predicted octanol–water partition coefficient (Wildman–Crippen LogP) is 2.51. The van der Waals surface area contributed by atoms with E-state index in [9.17, 15) is 4.79 Å². The van der Waals surface area contributed by atoms with Gasteiger partial charge in [-0.3, -0.25) is 14.6 Å². The van der Waals surface area contributed by atoms with Crippen LogP contribution in [0.5, 0.6) is 5.75 Å². The standard InChI is InChI=1S/C17H25Cl2N3O2/c1-13(2)20-17(23)12-22-7-5-21(6-8-22)9-10-24-16-4-3-14(18)11-15(16)19/h3-4,11,13H,5-10,12H2,1-2H3,(H,20,23). The Bertz CT molecular complexity index is 547. The minimum Gasteiger partial charge on any atom is -0.491 e. The Morgan fingerprint density at radius 1 is 1.21 bits per heavy atom. The zero-order valence-electron chi connectivity index (χ0n) is 14.2. The van der Waals surface area contributed by atoms with Crippen molar-refractivity contribution in [1.82, 2.24) is 15.1 Å². The SMILES string of the molecule is CC(C)NC(=O)CN1CCN(CCOc2ccc(Cl)cc2Cl)CC1. The van der Waals surface area contributed by atoms with Crippen molar-refractivity contribution < 1.29 is 9.53 Å². The van der Waals surface area contributed by atoms with Gasteiger partial charge in [-0.25, -0.2) is 0 Å². The first-order valence-corrected chi connectivity index (χ1v) is 9.01. The maximum Gasteiger partial charge on any atom is 0.234 e. The molecule has 1 heterocycles. The van der Waals surface area contributed by atoms with Gasteiger partial charge in [0, 0.05) is 43.8 Å². The number of rotatable bonds is 7. The Morgan fingerprint density at radius 2 is 1.88 bits per heavy atom. The minimum absolute atomic E-state index is 0.0964. The van der Waals surface area contributed by atoms with Gasteiger partial charge in [-0.05, 0) is 32.0 Å². The highest BCUT2D eigenvalue weighted by Gasteiger charge is 2.19. The maximum atomic E-state index is 11.8. The van der Waals surface area contributed by atoms with Crippen LogP contribution in [0.15, 0.2) is 18.2 Å². The summed E-state index contributed by atoms with van der Waals surface area (Å²) in [6, 6.07) is 5.43. The van der Waals surface area contributed by atoms with E-state index >= 15 is 0 Å². The number of nitrogens with zero attached hydrogens (tertiary/aromatic N) is 2. The van der Waals surface area contributed by atoms with E-state index in [1.54, 1.807) is 18.2 Å². The summed E-state index contributed by atoms with van der Waals surface area (Å²) in [5, 5.41) is 4.06. The van der Waals surface area contributed by atoms with Crippen LogP contribution in [0, 0.1) is 0 Å². The highest BCUT2D eigenvalue weighted by atomic mass is 35.5. The molecule has 0 radical (unpaired) electrons. The van der Waals surface area contributed by atoms with Crippen LogP contribution in [0.25, 0.3) is 0 Å². The summed E-state index contributed by atoms with van der Waals surface area (Å²) in [6.45, 7) is 9.51. The molecule has 1 fully saturated rings. The molecule has 0 saturated carbocycles. The first-order valence-electron chi connectivity index (χ1n) is 8.26. The predicted molar refractivity (Wildman–Crippen MR) is 98.1 cm³/mol. The molecule has 1 N–H and O–H groups in total. The number of hydrogen-bond acceptors (Lipinski definition) is 4. The number of nitrogens with one attached hydrogen (secondary N) is 1.